The van der Waals surface area contributed by atoms with E-state index in [0.717, 1.165) is 28.4 Å². The molecule has 0 bridgehead atoms. The monoisotopic (exact) mass is 343 g/mol. The van der Waals surface area contributed by atoms with Crippen LogP contribution < -0.4 is 9.47 Å². The lowest BCUT2D eigenvalue weighted by Crippen LogP contribution is -2.05. The van der Waals surface area contributed by atoms with Gasteiger partial charge in [-0.15, -0.1) is 0 Å². The van der Waals surface area contributed by atoms with Crippen molar-refractivity contribution in [1.29, 1.82) is 0 Å². The first-order chi connectivity index (χ1) is 12.9. The van der Waals surface area contributed by atoms with E-state index in [1.54, 1.807) is 6.20 Å². The van der Waals surface area contributed by atoms with Crippen LogP contribution in [0.5, 0.6) is 11.5 Å². The second-order valence-electron chi connectivity index (χ2n) is 5.64. The number of benzene rings is 3. The number of rotatable bonds is 6. The predicted molar refractivity (Wildman–Crippen MR) is 99.9 cm³/mol. The maximum Gasteiger partial charge on any atom is 0.230 e. The van der Waals surface area contributed by atoms with E-state index < -0.39 is 0 Å². The molecule has 0 saturated carbocycles. The van der Waals surface area contributed by atoms with Crippen molar-refractivity contribution in [2.24, 2.45) is 0 Å². The highest BCUT2D eigenvalue weighted by atomic mass is 16.7. The number of nitrogens with zero attached hydrogens (tertiary/aromatic N) is 1. The van der Waals surface area contributed by atoms with E-state index in [1.165, 1.54) is 0 Å². The zero-order valence-corrected chi connectivity index (χ0v) is 14.0. The van der Waals surface area contributed by atoms with E-state index in [2.05, 4.69) is 4.98 Å². The molecule has 1 heterocycles. The minimum atomic E-state index is 0.157. The van der Waals surface area contributed by atoms with Gasteiger partial charge in [-0.25, -0.2) is 4.98 Å². The van der Waals surface area contributed by atoms with Crippen molar-refractivity contribution in [3.8, 4) is 34.3 Å². The SMILES string of the molecule is c1ccc(OCOc2ccc(-c3cnc(-c4ccccc4)o3)cc2)cc1. The van der Waals surface area contributed by atoms with Gasteiger partial charge in [0.15, 0.2) is 5.76 Å². The standard InChI is InChI=1S/C22H17NO3/c1-3-7-18(8-4-1)22-23-15-21(26-22)17-11-13-20(14-12-17)25-16-24-19-9-5-2-6-10-19/h1-15H,16H2. The average molecular weight is 343 g/mol. The van der Waals surface area contributed by atoms with Gasteiger partial charge in [0.1, 0.15) is 11.5 Å². The van der Waals surface area contributed by atoms with Gasteiger partial charge in [-0.2, -0.15) is 0 Å². The number of hydrogen-bond donors (Lipinski definition) is 0. The molecule has 128 valence electrons. The van der Waals surface area contributed by atoms with Crippen LogP contribution >= 0.6 is 0 Å². The van der Waals surface area contributed by atoms with Gasteiger partial charge in [0.25, 0.3) is 0 Å². The summed E-state index contributed by atoms with van der Waals surface area (Å²) in [5.41, 5.74) is 1.90. The Kier molecular flexibility index (Phi) is 4.65. The second kappa shape index (κ2) is 7.57. The van der Waals surface area contributed by atoms with Crippen molar-refractivity contribution in [3.63, 3.8) is 0 Å². The Bertz CT molecular complexity index is 948. The lowest BCUT2D eigenvalue weighted by Gasteiger charge is -2.08. The topological polar surface area (TPSA) is 44.5 Å². The summed E-state index contributed by atoms with van der Waals surface area (Å²) in [7, 11) is 0. The second-order valence-corrected chi connectivity index (χ2v) is 5.64. The van der Waals surface area contributed by atoms with E-state index >= 15 is 0 Å². The maximum atomic E-state index is 5.86. The number of oxazole rings is 1. The van der Waals surface area contributed by atoms with E-state index in [9.17, 15) is 0 Å². The Morgan fingerprint density at radius 2 is 1.27 bits per heavy atom. The first-order valence-electron chi connectivity index (χ1n) is 8.31. The van der Waals surface area contributed by atoms with Crippen LogP contribution in [0.25, 0.3) is 22.8 Å². The van der Waals surface area contributed by atoms with Crippen LogP contribution in [0, 0.1) is 0 Å². The minimum absolute atomic E-state index is 0.157. The molecule has 26 heavy (non-hydrogen) atoms. The molecule has 0 atom stereocenters. The molecule has 4 aromatic rings. The summed E-state index contributed by atoms with van der Waals surface area (Å²) in [5, 5.41) is 0. The molecular formula is C22H17NO3. The van der Waals surface area contributed by atoms with Crippen LogP contribution in [0.3, 0.4) is 0 Å². The summed E-state index contributed by atoms with van der Waals surface area (Å²) in [5.74, 6) is 2.83. The van der Waals surface area contributed by atoms with Gasteiger partial charge < -0.3 is 13.9 Å². The molecule has 0 saturated heterocycles. The molecule has 0 radical (unpaired) electrons. The molecule has 1 aromatic heterocycles. The van der Waals surface area contributed by atoms with Gasteiger partial charge in [0.05, 0.1) is 6.20 Å². The number of hydrogen-bond acceptors (Lipinski definition) is 4. The number of para-hydroxylation sites is 1. The van der Waals surface area contributed by atoms with Gasteiger partial charge >= 0.3 is 0 Å². The first-order valence-corrected chi connectivity index (χ1v) is 8.31. The maximum absolute atomic E-state index is 5.86. The third-order valence-electron chi connectivity index (χ3n) is 3.86. The largest absolute Gasteiger partial charge is 0.458 e. The first kappa shape index (κ1) is 16.0. The summed E-state index contributed by atoms with van der Waals surface area (Å²) >= 11 is 0. The molecular weight excluding hydrogens is 326 g/mol. The fraction of sp³-hybridized carbons (Fsp3) is 0.0455. The molecule has 0 spiro atoms. The van der Waals surface area contributed by atoms with Gasteiger partial charge in [-0.3, -0.25) is 0 Å². The van der Waals surface area contributed by atoms with E-state index in [4.69, 9.17) is 13.9 Å². The van der Waals surface area contributed by atoms with Crippen LogP contribution in [0.2, 0.25) is 0 Å². The van der Waals surface area contributed by atoms with Crippen LogP contribution in [-0.2, 0) is 0 Å². The quantitative estimate of drug-likeness (QED) is 0.438. The summed E-state index contributed by atoms with van der Waals surface area (Å²) in [6, 6.07) is 27.0. The van der Waals surface area contributed by atoms with Gasteiger partial charge in [0, 0.05) is 11.1 Å². The molecule has 0 fully saturated rings. The van der Waals surface area contributed by atoms with Crippen molar-refractivity contribution in [1.82, 2.24) is 4.98 Å². The lowest BCUT2D eigenvalue weighted by atomic mass is 10.2. The van der Waals surface area contributed by atoms with Crippen molar-refractivity contribution >= 4 is 0 Å². The number of aromatic nitrogens is 1. The zero-order valence-electron chi connectivity index (χ0n) is 14.0. The normalized spacial score (nSPS) is 10.5. The van der Waals surface area contributed by atoms with Crippen molar-refractivity contribution in [2.45, 2.75) is 0 Å². The van der Waals surface area contributed by atoms with Crippen LogP contribution in [-0.4, -0.2) is 11.8 Å². The predicted octanol–water partition coefficient (Wildman–Crippen LogP) is 5.42. The summed E-state index contributed by atoms with van der Waals surface area (Å²) in [4.78, 5) is 4.35. The smallest absolute Gasteiger partial charge is 0.230 e. The highest BCUT2D eigenvalue weighted by Crippen LogP contribution is 2.27. The third kappa shape index (κ3) is 3.75. The fourth-order valence-corrected chi connectivity index (χ4v) is 2.52. The van der Waals surface area contributed by atoms with Gasteiger partial charge in [-0.1, -0.05) is 36.4 Å². The van der Waals surface area contributed by atoms with E-state index in [-0.39, 0.29) is 6.79 Å². The Morgan fingerprint density at radius 1 is 0.654 bits per heavy atom. The van der Waals surface area contributed by atoms with Crippen molar-refractivity contribution in [3.05, 3.63) is 91.1 Å². The Morgan fingerprint density at radius 3 is 1.96 bits per heavy atom. The molecule has 0 aliphatic rings. The Labute approximate surface area is 151 Å². The summed E-state index contributed by atoms with van der Waals surface area (Å²) in [6.45, 7) is 0.157. The highest BCUT2D eigenvalue weighted by molar-refractivity contribution is 5.61. The zero-order chi connectivity index (χ0) is 17.6. The molecule has 3 aromatic carbocycles. The van der Waals surface area contributed by atoms with Crippen molar-refractivity contribution in [2.75, 3.05) is 6.79 Å². The van der Waals surface area contributed by atoms with Gasteiger partial charge in [-0.05, 0) is 48.5 Å². The Balaban J connectivity index is 1.39. The molecule has 0 unspecified atom stereocenters. The van der Waals surface area contributed by atoms with Crippen molar-refractivity contribution < 1.29 is 13.9 Å². The van der Waals surface area contributed by atoms with E-state index in [0.29, 0.717) is 5.89 Å². The fourth-order valence-electron chi connectivity index (χ4n) is 2.52. The molecule has 0 N–H and O–H groups in total. The lowest BCUT2D eigenvalue weighted by molar-refractivity contribution is 0.120. The summed E-state index contributed by atoms with van der Waals surface area (Å²) in [6.07, 6.45) is 1.73. The number of ether oxygens (including phenoxy) is 2. The Hall–Kier alpha value is -3.53. The molecule has 4 heteroatoms. The molecule has 0 aliphatic heterocycles. The molecule has 0 aliphatic carbocycles. The van der Waals surface area contributed by atoms with E-state index in [1.807, 2.05) is 84.9 Å². The van der Waals surface area contributed by atoms with Crippen LogP contribution in [0.1, 0.15) is 0 Å². The molecule has 4 rings (SSSR count). The van der Waals surface area contributed by atoms with Crippen LogP contribution in [0.4, 0.5) is 0 Å². The average Bonchev–Trinajstić information content (AvgIpc) is 3.20. The molecule has 4 nitrogen and oxygen atoms in total. The third-order valence-corrected chi connectivity index (χ3v) is 3.86. The highest BCUT2D eigenvalue weighted by Gasteiger charge is 2.08. The molecule has 0 amide bonds. The summed E-state index contributed by atoms with van der Waals surface area (Å²) < 4.78 is 17.0. The van der Waals surface area contributed by atoms with Crippen LogP contribution in [0.15, 0.2) is 95.5 Å². The van der Waals surface area contributed by atoms with Gasteiger partial charge in [0.2, 0.25) is 12.7 Å². The minimum Gasteiger partial charge on any atom is -0.458 e.